The molecule has 2 aliphatic heterocycles. The predicted octanol–water partition coefficient (Wildman–Crippen LogP) is 1.26. The quantitative estimate of drug-likeness (QED) is 0.487. The summed E-state index contributed by atoms with van der Waals surface area (Å²) in [5, 5.41) is 17.1. The second-order valence-corrected chi connectivity index (χ2v) is 7.86. The minimum Gasteiger partial charge on any atom is -0.378 e. The summed E-state index contributed by atoms with van der Waals surface area (Å²) < 4.78 is 0. The number of hydrogen-bond donors (Lipinski definition) is 3. The number of hydrogen-bond acceptors (Lipinski definition) is 7. The zero-order valence-electron chi connectivity index (χ0n) is 18.1. The maximum Gasteiger partial charge on any atom is 0.224 e. The average Bonchev–Trinajstić information content (AvgIpc) is 3.20. The number of benzene rings is 1. The van der Waals surface area contributed by atoms with Crippen LogP contribution in [0.4, 0.5) is 0 Å². The van der Waals surface area contributed by atoms with Gasteiger partial charge in [0.1, 0.15) is 5.70 Å². The van der Waals surface area contributed by atoms with E-state index in [1.165, 1.54) is 0 Å². The molecule has 0 fully saturated rings. The SMILES string of the molecule is CN(C)CCCNC(=O)C(CN)Cc1ccc(ON2C=CC=C3NCC(C#N)=C32)cc1. The van der Waals surface area contributed by atoms with Crippen molar-refractivity contribution in [1.29, 1.82) is 5.26 Å². The van der Waals surface area contributed by atoms with Gasteiger partial charge in [0.2, 0.25) is 5.91 Å². The van der Waals surface area contributed by atoms with E-state index < -0.39 is 0 Å². The third-order valence-electron chi connectivity index (χ3n) is 5.18. The fourth-order valence-corrected chi connectivity index (χ4v) is 3.48. The fourth-order valence-electron chi connectivity index (χ4n) is 3.48. The predicted molar refractivity (Wildman–Crippen MR) is 119 cm³/mol. The van der Waals surface area contributed by atoms with E-state index in [1.807, 2.05) is 50.5 Å². The van der Waals surface area contributed by atoms with Gasteiger partial charge in [-0.2, -0.15) is 10.3 Å². The van der Waals surface area contributed by atoms with Crippen LogP contribution in [0.3, 0.4) is 0 Å². The van der Waals surface area contributed by atoms with Gasteiger partial charge in [-0.25, -0.2) is 0 Å². The van der Waals surface area contributed by atoms with E-state index in [1.54, 1.807) is 11.3 Å². The Morgan fingerprint density at radius 2 is 2.16 bits per heavy atom. The molecule has 8 nitrogen and oxygen atoms in total. The molecule has 0 aliphatic carbocycles. The molecule has 1 unspecified atom stereocenters. The lowest BCUT2D eigenvalue weighted by atomic mass is 9.98. The molecule has 1 aromatic rings. The number of fused-ring (bicyclic) bond motifs is 1. The smallest absolute Gasteiger partial charge is 0.224 e. The van der Waals surface area contributed by atoms with Crippen molar-refractivity contribution in [1.82, 2.24) is 20.6 Å². The summed E-state index contributed by atoms with van der Waals surface area (Å²) >= 11 is 0. The van der Waals surface area contributed by atoms with Crippen molar-refractivity contribution in [3.05, 3.63) is 65.1 Å². The molecule has 2 heterocycles. The molecule has 0 spiro atoms. The molecule has 1 amide bonds. The summed E-state index contributed by atoms with van der Waals surface area (Å²) in [6.45, 7) is 2.37. The monoisotopic (exact) mass is 422 g/mol. The molecule has 2 aliphatic rings. The minimum atomic E-state index is -0.267. The largest absolute Gasteiger partial charge is 0.378 e. The van der Waals surface area contributed by atoms with Crippen LogP contribution in [0.1, 0.15) is 12.0 Å². The molecule has 4 N–H and O–H groups in total. The lowest BCUT2D eigenvalue weighted by Gasteiger charge is -2.25. The summed E-state index contributed by atoms with van der Waals surface area (Å²) in [6.07, 6.45) is 7.04. The van der Waals surface area contributed by atoms with Crippen molar-refractivity contribution in [2.75, 3.05) is 40.3 Å². The number of allylic oxidation sites excluding steroid dienone is 2. The van der Waals surface area contributed by atoms with Crippen LogP contribution in [-0.2, 0) is 11.2 Å². The second kappa shape index (κ2) is 10.7. The van der Waals surface area contributed by atoms with Crippen molar-refractivity contribution in [2.24, 2.45) is 11.7 Å². The van der Waals surface area contributed by atoms with Crippen molar-refractivity contribution >= 4 is 5.91 Å². The highest BCUT2D eigenvalue weighted by Gasteiger charge is 2.27. The van der Waals surface area contributed by atoms with Gasteiger partial charge in [-0.05, 0) is 63.3 Å². The zero-order valence-corrected chi connectivity index (χ0v) is 18.1. The number of nitrogens with zero attached hydrogens (tertiary/aromatic N) is 3. The third kappa shape index (κ3) is 5.87. The third-order valence-corrected chi connectivity index (χ3v) is 5.18. The first kappa shape index (κ1) is 22.4. The molecular weight excluding hydrogens is 392 g/mol. The summed E-state index contributed by atoms with van der Waals surface area (Å²) in [7, 11) is 4.03. The van der Waals surface area contributed by atoms with Crippen molar-refractivity contribution < 1.29 is 9.63 Å². The van der Waals surface area contributed by atoms with Crippen molar-refractivity contribution in [3.63, 3.8) is 0 Å². The lowest BCUT2D eigenvalue weighted by molar-refractivity contribution is -0.124. The average molecular weight is 423 g/mol. The molecule has 0 saturated heterocycles. The Morgan fingerprint density at radius 3 is 2.84 bits per heavy atom. The number of nitrogens with one attached hydrogen (secondary N) is 2. The van der Waals surface area contributed by atoms with Crippen LogP contribution >= 0.6 is 0 Å². The number of carbonyl (C=O) groups excluding carboxylic acids is 1. The van der Waals surface area contributed by atoms with E-state index in [0.29, 0.717) is 37.4 Å². The van der Waals surface area contributed by atoms with E-state index in [2.05, 4.69) is 21.6 Å². The van der Waals surface area contributed by atoms with Crippen LogP contribution < -0.4 is 21.2 Å². The van der Waals surface area contributed by atoms with E-state index in [0.717, 1.165) is 29.9 Å². The molecular formula is C23H30N6O2. The number of carbonyl (C=O) groups is 1. The number of nitrogens with two attached hydrogens (primary N) is 1. The van der Waals surface area contributed by atoms with Gasteiger partial charge in [-0.15, -0.1) is 0 Å². The Morgan fingerprint density at radius 1 is 1.39 bits per heavy atom. The van der Waals surface area contributed by atoms with E-state index in [9.17, 15) is 10.1 Å². The normalized spacial score (nSPS) is 15.8. The Bertz CT molecular complexity index is 911. The second-order valence-electron chi connectivity index (χ2n) is 7.86. The van der Waals surface area contributed by atoms with Crippen molar-refractivity contribution in [2.45, 2.75) is 12.8 Å². The van der Waals surface area contributed by atoms with Gasteiger partial charge in [-0.3, -0.25) is 4.79 Å². The van der Waals surface area contributed by atoms with Gasteiger partial charge in [0, 0.05) is 19.3 Å². The van der Waals surface area contributed by atoms with E-state index >= 15 is 0 Å². The number of hydroxylamine groups is 2. The summed E-state index contributed by atoms with van der Waals surface area (Å²) in [4.78, 5) is 20.5. The molecule has 0 bridgehead atoms. The highest BCUT2D eigenvalue weighted by molar-refractivity contribution is 5.79. The van der Waals surface area contributed by atoms with E-state index in [-0.39, 0.29) is 11.8 Å². The standard InChI is InChI=1S/C23H30N6O2/c1-28(2)11-4-10-26-23(30)18(14-24)13-17-6-8-20(9-7-17)31-29-12-3-5-21-22(29)19(15-25)16-27-21/h3,5-9,12,18,27H,4,10-11,13-14,16,24H2,1-2H3,(H,26,30). The van der Waals surface area contributed by atoms with Gasteiger partial charge in [0.15, 0.2) is 5.75 Å². The molecule has 0 aromatic heterocycles. The molecule has 3 rings (SSSR count). The lowest BCUT2D eigenvalue weighted by Crippen LogP contribution is -2.37. The molecule has 164 valence electrons. The Labute approximate surface area is 183 Å². The van der Waals surface area contributed by atoms with Crippen LogP contribution in [-0.4, -0.2) is 56.1 Å². The Kier molecular flexibility index (Phi) is 7.70. The number of nitriles is 1. The Hall–Kier alpha value is -3.28. The first-order valence-corrected chi connectivity index (χ1v) is 10.5. The van der Waals surface area contributed by atoms with Gasteiger partial charge >= 0.3 is 0 Å². The molecule has 8 heteroatoms. The Balaban J connectivity index is 1.56. The number of rotatable bonds is 10. The first-order chi connectivity index (χ1) is 15.0. The molecule has 0 saturated carbocycles. The minimum absolute atomic E-state index is 0.0101. The van der Waals surface area contributed by atoms with Gasteiger partial charge in [0.05, 0.1) is 29.8 Å². The van der Waals surface area contributed by atoms with Gasteiger partial charge in [-0.1, -0.05) is 12.1 Å². The van der Waals surface area contributed by atoms with Crippen LogP contribution in [0, 0.1) is 17.2 Å². The first-order valence-electron chi connectivity index (χ1n) is 10.5. The highest BCUT2D eigenvalue weighted by atomic mass is 16.7. The van der Waals surface area contributed by atoms with E-state index in [4.69, 9.17) is 10.6 Å². The van der Waals surface area contributed by atoms with Crippen LogP contribution in [0.15, 0.2) is 59.6 Å². The van der Waals surface area contributed by atoms with Gasteiger partial charge < -0.3 is 26.1 Å². The number of amides is 1. The maximum absolute atomic E-state index is 12.4. The summed E-state index contributed by atoms with van der Waals surface area (Å²) in [5.41, 5.74) is 9.11. The molecule has 31 heavy (non-hydrogen) atoms. The maximum atomic E-state index is 12.4. The van der Waals surface area contributed by atoms with Crippen LogP contribution in [0.2, 0.25) is 0 Å². The molecule has 1 atom stereocenters. The van der Waals surface area contributed by atoms with Gasteiger partial charge in [0.25, 0.3) is 0 Å². The van der Waals surface area contributed by atoms with Crippen molar-refractivity contribution in [3.8, 4) is 11.8 Å². The molecule has 0 radical (unpaired) electrons. The fraction of sp³-hybridized carbons (Fsp3) is 0.391. The highest BCUT2D eigenvalue weighted by Crippen LogP contribution is 2.28. The zero-order chi connectivity index (χ0) is 22.2. The van der Waals surface area contributed by atoms with Crippen LogP contribution in [0.5, 0.6) is 5.75 Å². The molecule has 1 aromatic carbocycles. The summed E-state index contributed by atoms with van der Waals surface area (Å²) in [6, 6.07) is 9.82. The topological polar surface area (TPSA) is 107 Å². The summed E-state index contributed by atoms with van der Waals surface area (Å²) in [5.74, 6) is 0.365. The van der Waals surface area contributed by atoms with Crippen LogP contribution in [0.25, 0.3) is 0 Å².